The summed E-state index contributed by atoms with van der Waals surface area (Å²) in [4.78, 5) is 2.88. The first kappa shape index (κ1) is 18.4. The lowest BCUT2D eigenvalue weighted by molar-refractivity contribution is 1.32. The lowest BCUT2D eigenvalue weighted by Crippen LogP contribution is -2.40. The molecule has 3 rings (SSSR count). The van der Waals surface area contributed by atoms with E-state index in [9.17, 15) is 0 Å². The van der Waals surface area contributed by atoms with Crippen LogP contribution in [0.2, 0.25) is 39.3 Å². The predicted octanol–water partition coefficient (Wildman–Crippen LogP) is 6.17. The van der Waals surface area contributed by atoms with Crippen LogP contribution in [0.1, 0.15) is 11.1 Å². The fraction of sp³-hybridized carbons (Fsp3) is 0.400. The molecule has 0 saturated carbocycles. The molecule has 0 spiro atoms. The van der Waals surface area contributed by atoms with E-state index in [0.29, 0.717) is 0 Å². The Labute approximate surface area is 157 Å². The summed E-state index contributed by atoms with van der Waals surface area (Å²) in [6.45, 7) is 19.3. The summed E-state index contributed by atoms with van der Waals surface area (Å²) in [5.41, 5.74) is 5.89. The molecule has 0 aliphatic carbocycles. The molecule has 2 aromatic rings. The molecule has 0 N–H and O–H groups in total. The molecule has 24 heavy (non-hydrogen) atoms. The van der Waals surface area contributed by atoms with Crippen molar-refractivity contribution < 1.29 is 0 Å². The van der Waals surface area contributed by atoms with Gasteiger partial charge in [-0.25, -0.2) is 0 Å². The van der Waals surface area contributed by atoms with E-state index in [1.165, 1.54) is 32.0 Å². The van der Waals surface area contributed by atoms with Crippen LogP contribution in [0.4, 0.5) is 0 Å². The SMILES string of the molecule is Cc1cc2c(cc1[Si](C)(C)C)-c1cc([Si](C)(C)C)c(C)cc1SS2. The Hall–Kier alpha value is -0.426. The Bertz CT molecular complexity index is 742. The number of benzene rings is 2. The van der Waals surface area contributed by atoms with E-state index in [1.807, 2.05) is 21.6 Å². The molecule has 1 aliphatic heterocycles. The maximum absolute atomic E-state index is 2.52. The van der Waals surface area contributed by atoms with Crippen LogP contribution in [0, 0.1) is 13.8 Å². The number of fused-ring (bicyclic) bond motifs is 3. The zero-order chi connectivity index (χ0) is 17.9. The standard InChI is InChI=1S/C20H28S2Si2/c1-13-9-17-15(11-19(13)23(3,4)5)16-12-20(24(6,7)8)14(2)10-18(16)22-21-17/h9-12H,1-8H3. The Morgan fingerprint density at radius 3 is 1.21 bits per heavy atom. The molecule has 0 radical (unpaired) electrons. The normalized spacial score (nSPS) is 14.3. The molecular formula is C20H28S2Si2. The molecule has 0 nitrogen and oxygen atoms in total. The fourth-order valence-corrected chi connectivity index (χ4v) is 9.81. The van der Waals surface area contributed by atoms with E-state index >= 15 is 0 Å². The van der Waals surface area contributed by atoms with Crippen molar-refractivity contribution in [3.8, 4) is 11.1 Å². The van der Waals surface area contributed by atoms with Gasteiger partial charge in [-0.15, -0.1) is 0 Å². The van der Waals surface area contributed by atoms with Gasteiger partial charge >= 0.3 is 0 Å². The summed E-state index contributed by atoms with van der Waals surface area (Å²) < 4.78 is 0. The van der Waals surface area contributed by atoms with Crippen LogP contribution >= 0.6 is 21.6 Å². The number of hydrogen-bond donors (Lipinski definition) is 0. The first-order chi connectivity index (χ1) is 11.0. The first-order valence-electron chi connectivity index (χ1n) is 8.63. The molecule has 0 atom stereocenters. The molecular weight excluding hydrogens is 361 g/mol. The third-order valence-corrected chi connectivity index (χ3v) is 11.5. The van der Waals surface area contributed by atoms with Crippen molar-refractivity contribution in [1.82, 2.24) is 0 Å². The molecule has 0 bridgehead atoms. The van der Waals surface area contributed by atoms with Crippen molar-refractivity contribution >= 4 is 48.1 Å². The van der Waals surface area contributed by atoms with Gasteiger partial charge < -0.3 is 0 Å². The molecule has 0 unspecified atom stereocenters. The highest BCUT2D eigenvalue weighted by atomic mass is 33.1. The van der Waals surface area contributed by atoms with Crippen LogP contribution in [0.25, 0.3) is 11.1 Å². The van der Waals surface area contributed by atoms with E-state index in [-0.39, 0.29) is 0 Å². The van der Waals surface area contributed by atoms with Gasteiger partial charge in [0.2, 0.25) is 0 Å². The predicted molar refractivity (Wildman–Crippen MR) is 119 cm³/mol. The fourth-order valence-electron chi connectivity index (χ4n) is 3.63. The van der Waals surface area contributed by atoms with Crippen LogP contribution in [0.15, 0.2) is 34.1 Å². The quantitative estimate of drug-likeness (QED) is 0.445. The Morgan fingerprint density at radius 2 is 0.917 bits per heavy atom. The summed E-state index contributed by atoms with van der Waals surface area (Å²) in [5.74, 6) is 0. The van der Waals surface area contributed by atoms with Crippen molar-refractivity contribution in [2.24, 2.45) is 0 Å². The molecule has 1 aliphatic rings. The molecule has 128 valence electrons. The van der Waals surface area contributed by atoms with Crippen LogP contribution < -0.4 is 10.4 Å². The van der Waals surface area contributed by atoms with Crippen LogP contribution in [0.5, 0.6) is 0 Å². The van der Waals surface area contributed by atoms with Crippen molar-refractivity contribution in [2.75, 3.05) is 0 Å². The van der Waals surface area contributed by atoms with Gasteiger partial charge in [-0.3, -0.25) is 0 Å². The smallest absolute Gasteiger partial charge is 0.0656 e. The second-order valence-electron chi connectivity index (χ2n) is 8.99. The maximum Gasteiger partial charge on any atom is 0.0779 e. The van der Waals surface area contributed by atoms with Gasteiger partial charge in [0.15, 0.2) is 0 Å². The Balaban J connectivity index is 2.27. The van der Waals surface area contributed by atoms with E-state index in [0.717, 1.165) is 0 Å². The molecule has 0 amide bonds. The average molecular weight is 389 g/mol. The summed E-state index contributed by atoms with van der Waals surface area (Å²) in [6.07, 6.45) is 0. The van der Waals surface area contributed by atoms with Crippen molar-refractivity contribution in [1.29, 1.82) is 0 Å². The summed E-state index contributed by atoms with van der Waals surface area (Å²) >= 11 is 0. The minimum absolute atomic E-state index is 1.33. The Kier molecular flexibility index (Phi) is 4.65. The van der Waals surface area contributed by atoms with E-state index in [1.54, 1.807) is 10.4 Å². The van der Waals surface area contributed by atoms with Gasteiger partial charge in [0, 0.05) is 9.79 Å². The number of hydrogen-bond acceptors (Lipinski definition) is 2. The van der Waals surface area contributed by atoms with E-state index in [4.69, 9.17) is 0 Å². The largest absolute Gasteiger partial charge is 0.0779 e. The molecule has 0 saturated heterocycles. The molecule has 2 aromatic carbocycles. The zero-order valence-corrected chi connectivity index (χ0v) is 19.8. The highest BCUT2D eigenvalue weighted by Crippen LogP contribution is 2.51. The van der Waals surface area contributed by atoms with Crippen LogP contribution in [-0.4, -0.2) is 16.1 Å². The van der Waals surface area contributed by atoms with Crippen LogP contribution in [0.3, 0.4) is 0 Å². The lowest BCUT2D eigenvalue weighted by Gasteiger charge is -2.28. The summed E-state index contributed by atoms with van der Waals surface area (Å²) in [7, 11) is 1.21. The van der Waals surface area contributed by atoms with Gasteiger partial charge in [0.1, 0.15) is 0 Å². The highest BCUT2D eigenvalue weighted by molar-refractivity contribution is 8.76. The number of rotatable bonds is 2. The average Bonchev–Trinajstić information content (AvgIpc) is 2.43. The monoisotopic (exact) mass is 388 g/mol. The van der Waals surface area contributed by atoms with Crippen LogP contribution in [-0.2, 0) is 0 Å². The molecule has 0 aromatic heterocycles. The van der Waals surface area contributed by atoms with Crippen molar-refractivity contribution in [2.45, 2.75) is 62.9 Å². The van der Waals surface area contributed by atoms with Crippen molar-refractivity contribution in [3.63, 3.8) is 0 Å². The highest BCUT2D eigenvalue weighted by Gasteiger charge is 2.27. The van der Waals surface area contributed by atoms with Crippen molar-refractivity contribution in [3.05, 3.63) is 35.4 Å². The van der Waals surface area contributed by atoms with E-state index < -0.39 is 16.1 Å². The summed E-state index contributed by atoms with van der Waals surface area (Å²) in [5, 5.41) is 3.21. The zero-order valence-electron chi connectivity index (χ0n) is 16.1. The second-order valence-corrected chi connectivity index (χ2v) is 21.3. The molecule has 0 fully saturated rings. The van der Waals surface area contributed by atoms with E-state index in [2.05, 4.69) is 77.4 Å². The Morgan fingerprint density at radius 1 is 0.583 bits per heavy atom. The number of aryl methyl sites for hydroxylation is 2. The van der Waals surface area contributed by atoms with Gasteiger partial charge in [-0.1, -0.05) is 94.5 Å². The maximum atomic E-state index is 2.52. The third kappa shape index (κ3) is 3.30. The minimum Gasteiger partial charge on any atom is -0.0656 e. The lowest BCUT2D eigenvalue weighted by atomic mass is 10.0. The third-order valence-electron chi connectivity index (χ3n) is 4.78. The van der Waals surface area contributed by atoms with Gasteiger partial charge in [0.25, 0.3) is 0 Å². The first-order valence-corrected chi connectivity index (χ1v) is 17.8. The van der Waals surface area contributed by atoms with Gasteiger partial charge in [0.05, 0.1) is 16.1 Å². The molecule has 4 heteroatoms. The summed E-state index contributed by atoms with van der Waals surface area (Å²) in [6, 6.07) is 9.90. The second kappa shape index (κ2) is 6.08. The molecule has 1 heterocycles. The topological polar surface area (TPSA) is 0 Å². The van der Waals surface area contributed by atoms with Gasteiger partial charge in [-0.2, -0.15) is 0 Å². The van der Waals surface area contributed by atoms with Gasteiger partial charge in [-0.05, 0) is 37.1 Å². The minimum atomic E-state index is -1.33.